The van der Waals surface area contributed by atoms with Crippen molar-refractivity contribution in [1.29, 1.82) is 0 Å². The molecule has 0 aromatic carbocycles. The number of carbonyl (C=O) groups is 1. The van der Waals surface area contributed by atoms with Gasteiger partial charge in [0.25, 0.3) is 0 Å². The molecule has 1 rings (SSSR count). The lowest BCUT2D eigenvalue weighted by molar-refractivity contribution is -0.128. The molecule has 1 fully saturated rings. The third-order valence-electron chi connectivity index (χ3n) is 3.67. The highest BCUT2D eigenvalue weighted by Crippen LogP contribution is 2.28. The number of rotatable bonds is 6. The van der Waals surface area contributed by atoms with E-state index in [2.05, 4.69) is 5.32 Å². The minimum atomic E-state index is -0.423. The number of nitrogens with two attached hydrogens (primary N) is 1. The van der Waals surface area contributed by atoms with Crippen molar-refractivity contribution in [3.05, 3.63) is 0 Å². The van der Waals surface area contributed by atoms with Crippen LogP contribution in [-0.2, 0) is 4.79 Å². The maximum absolute atomic E-state index is 11.7. The first-order chi connectivity index (χ1) is 7.56. The van der Waals surface area contributed by atoms with E-state index in [1.165, 1.54) is 32.1 Å². The van der Waals surface area contributed by atoms with Crippen LogP contribution < -0.4 is 11.1 Å². The summed E-state index contributed by atoms with van der Waals surface area (Å²) in [6.07, 6.45) is 7.96. The van der Waals surface area contributed by atoms with Gasteiger partial charge in [-0.05, 0) is 32.6 Å². The normalized spacial score (nSPS) is 17.7. The van der Waals surface area contributed by atoms with Crippen LogP contribution in [0.2, 0.25) is 0 Å². The van der Waals surface area contributed by atoms with Crippen molar-refractivity contribution < 1.29 is 4.79 Å². The predicted octanol–water partition coefficient (Wildman–Crippen LogP) is 2.06. The lowest BCUT2D eigenvalue weighted by atomic mass is 9.92. The Bertz CT molecular complexity index is 220. The molecule has 3 N–H and O–H groups in total. The molecule has 0 aromatic rings. The first-order valence-corrected chi connectivity index (χ1v) is 6.54. The van der Waals surface area contributed by atoms with Crippen LogP contribution in [0.4, 0.5) is 0 Å². The molecule has 3 heteroatoms. The second-order valence-electron chi connectivity index (χ2n) is 5.64. The third-order valence-corrected chi connectivity index (χ3v) is 3.67. The Balaban J connectivity index is 2.08. The summed E-state index contributed by atoms with van der Waals surface area (Å²) in [4.78, 5) is 11.7. The number of nitrogens with one attached hydrogen (secondary N) is 1. The summed E-state index contributed by atoms with van der Waals surface area (Å²) in [5.41, 5.74) is 5.13. The summed E-state index contributed by atoms with van der Waals surface area (Å²) >= 11 is 0. The van der Waals surface area contributed by atoms with Crippen LogP contribution >= 0.6 is 0 Å². The minimum absolute atomic E-state index is 0.0846. The maximum atomic E-state index is 11.7. The second-order valence-corrected chi connectivity index (χ2v) is 5.64. The smallest absolute Gasteiger partial charge is 0.226 e. The zero-order chi connectivity index (χ0) is 12.0. The van der Waals surface area contributed by atoms with Crippen LogP contribution in [0, 0.1) is 11.3 Å². The van der Waals surface area contributed by atoms with E-state index < -0.39 is 5.41 Å². The molecule has 1 amide bonds. The Morgan fingerprint density at radius 3 is 2.56 bits per heavy atom. The van der Waals surface area contributed by atoms with Gasteiger partial charge in [0.1, 0.15) is 0 Å². The standard InChI is InChI=1S/C13H26N2O/c1-13(2,10-14)12(16)15-9-5-8-11-6-3-4-7-11/h11H,3-10,14H2,1-2H3,(H,15,16). The van der Waals surface area contributed by atoms with Crippen molar-refractivity contribution in [2.24, 2.45) is 17.1 Å². The quantitative estimate of drug-likeness (QED) is 0.681. The van der Waals surface area contributed by atoms with Gasteiger partial charge in [-0.1, -0.05) is 25.7 Å². The van der Waals surface area contributed by atoms with Crippen molar-refractivity contribution in [1.82, 2.24) is 5.32 Å². The maximum Gasteiger partial charge on any atom is 0.226 e. The molecule has 16 heavy (non-hydrogen) atoms. The van der Waals surface area contributed by atoms with E-state index in [-0.39, 0.29) is 5.91 Å². The Morgan fingerprint density at radius 2 is 2.00 bits per heavy atom. The lowest BCUT2D eigenvalue weighted by Crippen LogP contribution is -2.42. The molecule has 0 saturated heterocycles. The van der Waals surface area contributed by atoms with E-state index in [0.717, 1.165) is 18.9 Å². The topological polar surface area (TPSA) is 55.1 Å². The van der Waals surface area contributed by atoms with E-state index in [4.69, 9.17) is 5.73 Å². The Kier molecular flexibility index (Phi) is 5.26. The molecule has 0 bridgehead atoms. The fraction of sp³-hybridized carbons (Fsp3) is 0.923. The van der Waals surface area contributed by atoms with Gasteiger partial charge < -0.3 is 11.1 Å². The Labute approximate surface area is 99.2 Å². The lowest BCUT2D eigenvalue weighted by Gasteiger charge is -2.21. The van der Waals surface area contributed by atoms with Crippen LogP contribution in [-0.4, -0.2) is 19.0 Å². The molecule has 1 saturated carbocycles. The van der Waals surface area contributed by atoms with Crippen molar-refractivity contribution in [2.75, 3.05) is 13.1 Å². The highest BCUT2D eigenvalue weighted by molar-refractivity contribution is 5.81. The third kappa shape index (κ3) is 4.12. The molecule has 0 heterocycles. The number of carbonyl (C=O) groups excluding carboxylic acids is 1. The average Bonchev–Trinajstić information content (AvgIpc) is 2.76. The largest absolute Gasteiger partial charge is 0.356 e. The van der Waals surface area contributed by atoms with Gasteiger partial charge in [-0.25, -0.2) is 0 Å². The van der Waals surface area contributed by atoms with E-state index in [1.807, 2.05) is 13.8 Å². The summed E-state index contributed by atoms with van der Waals surface area (Å²) in [6, 6.07) is 0. The molecular weight excluding hydrogens is 200 g/mol. The zero-order valence-electron chi connectivity index (χ0n) is 10.7. The van der Waals surface area contributed by atoms with Gasteiger partial charge in [0.2, 0.25) is 5.91 Å². The molecule has 0 aromatic heterocycles. The number of hydrogen-bond acceptors (Lipinski definition) is 2. The Morgan fingerprint density at radius 1 is 1.38 bits per heavy atom. The molecule has 3 nitrogen and oxygen atoms in total. The summed E-state index contributed by atoms with van der Waals surface area (Å²) in [5, 5.41) is 2.98. The molecule has 94 valence electrons. The minimum Gasteiger partial charge on any atom is -0.356 e. The van der Waals surface area contributed by atoms with Crippen molar-refractivity contribution in [3.8, 4) is 0 Å². The van der Waals surface area contributed by atoms with Gasteiger partial charge in [-0.3, -0.25) is 4.79 Å². The van der Waals surface area contributed by atoms with Gasteiger partial charge in [-0.15, -0.1) is 0 Å². The number of hydrogen-bond donors (Lipinski definition) is 2. The van der Waals surface area contributed by atoms with Crippen LogP contribution in [0.25, 0.3) is 0 Å². The zero-order valence-corrected chi connectivity index (χ0v) is 10.7. The van der Waals surface area contributed by atoms with Crippen LogP contribution in [0.1, 0.15) is 52.4 Å². The fourth-order valence-electron chi connectivity index (χ4n) is 2.22. The second kappa shape index (κ2) is 6.24. The molecule has 0 atom stereocenters. The van der Waals surface area contributed by atoms with Gasteiger partial charge in [0, 0.05) is 13.1 Å². The van der Waals surface area contributed by atoms with Crippen molar-refractivity contribution in [3.63, 3.8) is 0 Å². The summed E-state index contributed by atoms with van der Waals surface area (Å²) in [7, 11) is 0. The first-order valence-electron chi connectivity index (χ1n) is 6.54. The summed E-state index contributed by atoms with van der Waals surface area (Å²) < 4.78 is 0. The average molecular weight is 226 g/mol. The number of amides is 1. The predicted molar refractivity (Wildman–Crippen MR) is 67.0 cm³/mol. The first kappa shape index (κ1) is 13.5. The molecule has 1 aliphatic rings. The monoisotopic (exact) mass is 226 g/mol. The van der Waals surface area contributed by atoms with Gasteiger partial charge in [0.15, 0.2) is 0 Å². The summed E-state index contributed by atoms with van der Waals surface area (Å²) in [6.45, 7) is 4.98. The molecular formula is C13H26N2O. The van der Waals surface area contributed by atoms with E-state index in [9.17, 15) is 4.79 Å². The highest BCUT2D eigenvalue weighted by atomic mass is 16.2. The van der Waals surface area contributed by atoms with E-state index in [1.54, 1.807) is 0 Å². The van der Waals surface area contributed by atoms with Crippen LogP contribution in [0.3, 0.4) is 0 Å². The van der Waals surface area contributed by atoms with Gasteiger partial charge >= 0.3 is 0 Å². The van der Waals surface area contributed by atoms with Crippen LogP contribution in [0.5, 0.6) is 0 Å². The molecule has 0 radical (unpaired) electrons. The van der Waals surface area contributed by atoms with Gasteiger partial charge in [0.05, 0.1) is 5.41 Å². The van der Waals surface area contributed by atoms with E-state index >= 15 is 0 Å². The van der Waals surface area contributed by atoms with Crippen molar-refractivity contribution >= 4 is 5.91 Å². The van der Waals surface area contributed by atoms with E-state index in [0.29, 0.717) is 6.54 Å². The highest BCUT2D eigenvalue weighted by Gasteiger charge is 2.25. The SMILES string of the molecule is CC(C)(CN)C(=O)NCCCC1CCCC1. The summed E-state index contributed by atoms with van der Waals surface area (Å²) in [5.74, 6) is 1.00. The molecule has 0 aliphatic heterocycles. The molecule has 0 spiro atoms. The van der Waals surface area contributed by atoms with Crippen LogP contribution in [0.15, 0.2) is 0 Å². The molecule has 0 unspecified atom stereocenters. The fourth-order valence-corrected chi connectivity index (χ4v) is 2.22. The molecule has 1 aliphatic carbocycles. The van der Waals surface area contributed by atoms with Crippen molar-refractivity contribution in [2.45, 2.75) is 52.4 Å². The van der Waals surface area contributed by atoms with Gasteiger partial charge in [-0.2, -0.15) is 0 Å². The Hall–Kier alpha value is -0.570.